The normalized spacial score (nSPS) is 14.7. The maximum Gasteiger partial charge on any atom is 0.492 e. The molecule has 0 bridgehead atoms. The molecule has 1 amide bonds. The van der Waals surface area contributed by atoms with Crippen molar-refractivity contribution in [3.8, 4) is 0 Å². The van der Waals surface area contributed by atoms with E-state index >= 15 is 0 Å². The number of nitrogens with one attached hydrogen (secondary N) is 1. The van der Waals surface area contributed by atoms with E-state index < -0.39 is 19.1 Å². The number of methoxy groups -OCH3 is 1. The number of amides is 1. The highest BCUT2D eigenvalue weighted by Crippen LogP contribution is 2.17. The average molecular weight is 305 g/mol. The molecule has 2 rings (SSSR count). The van der Waals surface area contributed by atoms with Crippen LogP contribution in [0.4, 0.5) is 0 Å². The van der Waals surface area contributed by atoms with E-state index in [0.29, 0.717) is 23.2 Å². The summed E-state index contributed by atoms with van der Waals surface area (Å²) in [5, 5.41) is 12.5. The lowest BCUT2D eigenvalue weighted by Crippen LogP contribution is -2.45. The largest absolute Gasteiger partial charge is 0.492 e. The summed E-state index contributed by atoms with van der Waals surface area (Å²) in [6.07, 6.45) is 0. The molecule has 0 unspecified atom stereocenters. The predicted molar refractivity (Wildman–Crippen MR) is 81.7 cm³/mol. The topological polar surface area (TPSA) is 84.9 Å². The van der Waals surface area contributed by atoms with Gasteiger partial charge in [-0.05, 0) is 35.5 Å². The minimum absolute atomic E-state index is 0.0972. The molecule has 0 saturated heterocycles. The molecule has 118 valence electrons. The third-order valence-corrected chi connectivity index (χ3v) is 3.90. The van der Waals surface area contributed by atoms with Gasteiger partial charge in [-0.2, -0.15) is 0 Å². The van der Waals surface area contributed by atoms with Crippen LogP contribution >= 0.6 is 0 Å². The third kappa shape index (κ3) is 3.00. The summed E-state index contributed by atoms with van der Waals surface area (Å²) in [4.78, 5) is 24.2. The van der Waals surface area contributed by atoms with Gasteiger partial charge in [0.1, 0.15) is 6.04 Å². The second-order valence-electron chi connectivity index (χ2n) is 5.69. The molecule has 1 aliphatic rings. The average Bonchev–Trinajstić information content (AvgIpc) is 2.86. The fraction of sp³-hybridized carbons (Fsp3) is 0.467. The van der Waals surface area contributed by atoms with Gasteiger partial charge in [0.2, 0.25) is 0 Å². The van der Waals surface area contributed by atoms with Crippen LogP contribution in [0.25, 0.3) is 0 Å². The lowest BCUT2D eigenvalue weighted by Gasteiger charge is -2.20. The number of fused-ring (bicyclic) bond motifs is 1. The van der Waals surface area contributed by atoms with E-state index in [0.717, 1.165) is 5.56 Å². The zero-order valence-corrected chi connectivity index (χ0v) is 13.2. The first-order chi connectivity index (χ1) is 10.4. The molecule has 0 spiro atoms. The summed E-state index contributed by atoms with van der Waals surface area (Å²) in [5.41, 5.74) is 2.58. The van der Waals surface area contributed by atoms with Crippen molar-refractivity contribution in [1.29, 1.82) is 0 Å². The van der Waals surface area contributed by atoms with E-state index in [-0.39, 0.29) is 11.8 Å². The highest BCUT2D eigenvalue weighted by molar-refractivity contribution is 6.62. The maximum absolute atomic E-state index is 12.5. The molecular formula is C15H20BNO5. The Balaban J connectivity index is 2.27. The molecular weight excluding hydrogens is 285 g/mol. The molecule has 0 fully saturated rings. The standard InChI is InChI=1S/C15H20BNO5/c1-8(2)13(15(19)21-4)17-14(18)11-6-5-10-7-22-16(20)12(10)9(11)3/h5-6,8,13,20H,7H2,1-4H3,(H,17,18)/t13-/m0/s1. The van der Waals surface area contributed by atoms with Crippen LogP contribution in [-0.2, 0) is 20.8 Å². The minimum atomic E-state index is -1.01. The van der Waals surface area contributed by atoms with Gasteiger partial charge in [-0.15, -0.1) is 0 Å². The number of benzene rings is 1. The van der Waals surface area contributed by atoms with Crippen molar-refractivity contribution in [3.05, 3.63) is 28.8 Å². The molecule has 0 saturated carbocycles. The van der Waals surface area contributed by atoms with Crippen LogP contribution in [0.2, 0.25) is 0 Å². The molecule has 0 aliphatic carbocycles. The highest BCUT2D eigenvalue weighted by atomic mass is 16.5. The van der Waals surface area contributed by atoms with Crippen molar-refractivity contribution in [2.75, 3.05) is 7.11 Å². The fourth-order valence-electron chi connectivity index (χ4n) is 2.60. The smallest absolute Gasteiger partial charge is 0.467 e. The second-order valence-corrected chi connectivity index (χ2v) is 5.69. The van der Waals surface area contributed by atoms with Crippen LogP contribution in [0, 0.1) is 12.8 Å². The first-order valence-corrected chi connectivity index (χ1v) is 7.17. The Kier molecular flexibility index (Phi) is 4.88. The van der Waals surface area contributed by atoms with Gasteiger partial charge < -0.3 is 19.7 Å². The molecule has 0 radical (unpaired) electrons. The van der Waals surface area contributed by atoms with Gasteiger partial charge in [0.05, 0.1) is 13.7 Å². The quantitative estimate of drug-likeness (QED) is 0.610. The van der Waals surface area contributed by atoms with Crippen molar-refractivity contribution in [3.63, 3.8) is 0 Å². The molecule has 22 heavy (non-hydrogen) atoms. The maximum atomic E-state index is 12.5. The van der Waals surface area contributed by atoms with Gasteiger partial charge in [0.15, 0.2) is 0 Å². The SMILES string of the molecule is COC(=O)[C@@H](NC(=O)c1ccc2c(c1C)B(O)OC2)C(C)C. The predicted octanol–water partition coefficient (Wildman–Crippen LogP) is 0.140. The van der Waals surface area contributed by atoms with Crippen molar-refractivity contribution in [2.45, 2.75) is 33.4 Å². The molecule has 6 nitrogen and oxygen atoms in total. The number of carbonyl (C=O) groups excluding carboxylic acids is 2. The molecule has 1 heterocycles. The van der Waals surface area contributed by atoms with Crippen molar-refractivity contribution >= 4 is 24.5 Å². The molecule has 1 aromatic rings. The van der Waals surface area contributed by atoms with Crippen LogP contribution in [0.5, 0.6) is 0 Å². The van der Waals surface area contributed by atoms with E-state index in [4.69, 9.17) is 9.39 Å². The Morgan fingerprint density at radius 1 is 1.41 bits per heavy atom. The second kappa shape index (κ2) is 6.50. The number of hydrogen-bond donors (Lipinski definition) is 2. The zero-order chi connectivity index (χ0) is 16.4. The monoisotopic (exact) mass is 305 g/mol. The summed E-state index contributed by atoms with van der Waals surface area (Å²) < 4.78 is 9.88. The van der Waals surface area contributed by atoms with Crippen LogP contribution in [-0.4, -0.2) is 37.2 Å². The van der Waals surface area contributed by atoms with Gasteiger partial charge in [-0.25, -0.2) is 4.79 Å². The Labute approximate surface area is 129 Å². The molecule has 7 heteroatoms. The number of ether oxygens (including phenoxy) is 1. The van der Waals surface area contributed by atoms with Gasteiger partial charge in [0.25, 0.3) is 5.91 Å². The number of esters is 1. The van der Waals surface area contributed by atoms with Crippen molar-refractivity contribution < 1.29 is 24.0 Å². The molecule has 2 N–H and O–H groups in total. The number of hydrogen-bond acceptors (Lipinski definition) is 5. The highest BCUT2D eigenvalue weighted by Gasteiger charge is 2.32. The number of rotatable bonds is 4. The summed E-state index contributed by atoms with van der Waals surface area (Å²) in [5.74, 6) is -0.950. The molecule has 1 aromatic carbocycles. The van der Waals surface area contributed by atoms with Crippen molar-refractivity contribution in [2.24, 2.45) is 5.92 Å². The first-order valence-electron chi connectivity index (χ1n) is 7.17. The minimum Gasteiger partial charge on any atom is -0.467 e. The van der Waals surface area contributed by atoms with Crippen LogP contribution in [0.3, 0.4) is 0 Å². The summed E-state index contributed by atoms with van der Waals surface area (Å²) in [6, 6.07) is 2.72. The molecule has 1 aliphatic heterocycles. The van der Waals surface area contributed by atoms with E-state index in [1.165, 1.54) is 7.11 Å². The van der Waals surface area contributed by atoms with Gasteiger partial charge in [0, 0.05) is 5.56 Å². The van der Waals surface area contributed by atoms with Gasteiger partial charge in [-0.1, -0.05) is 19.9 Å². The van der Waals surface area contributed by atoms with E-state index in [9.17, 15) is 14.6 Å². The fourth-order valence-corrected chi connectivity index (χ4v) is 2.60. The lowest BCUT2D eigenvalue weighted by atomic mass is 9.75. The van der Waals surface area contributed by atoms with E-state index in [1.54, 1.807) is 19.1 Å². The molecule has 1 atom stereocenters. The zero-order valence-electron chi connectivity index (χ0n) is 13.2. The summed E-state index contributed by atoms with van der Waals surface area (Å²) >= 11 is 0. The molecule has 0 aromatic heterocycles. The first kappa shape index (κ1) is 16.5. The van der Waals surface area contributed by atoms with Crippen LogP contribution in [0.15, 0.2) is 12.1 Å². The van der Waals surface area contributed by atoms with Gasteiger partial charge >= 0.3 is 13.1 Å². The Morgan fingerprint density at radius 2 is 2.09 bits per heavy atom. The number of carbonyl (C=O) groups is 2. The van der Waals surface area contributed by atoms with Crippen molar-refractivity contribution in [1.82, 2.24) is 5.32 Å². The van der Waals surface area contributed by atoms with Crippen LogP contribution < -0.4 is 10.8 Å². The van der Waals surface area contributed by atoms with Gasteiger partial charge in [-0.3, -0.25) is 4.79 Å². The van der Waals surface area contributed by atoms with Crippen LogP contribution in [0.1, 0.15) is 35.3 Å². The summed E-state index contributed by atoms with van der Waals surface area (Å²) in [6.45, 7) is 5.74. The van der Waals surface area contributed by atoms with E-state index in [2.05, 4.69) is 5.32 Å². The Morgan fingerprint density at radius 3 is 2.68 bits per heavy atom. The van der Waals surface area contributed by atoms with E-state index in [1.807, 2.05) is 13.8 Å². The Bertz CT molecular complexity index is 602. The summed E-state index contributed by atoms with van der Waals surface area (Å²) in [7, 11) is 0.280. The lowest BCUT2D eigenvalue weighted by molar-refractivity contribution is -0.144. The Hall–Kier alpha value is -1.86. The third-order valence-electron chi connectivity index (χ3n) is 3.90.